The predicted molar refractivity (Wildman–Crippen MR) is 422 cm³/mol. The van der Waals surface area contributed by atoms with Crippen LogP contribution in [0.2, 0.25) is 0 Å². The number of urea groups is 1. The monoisotopic (exact) mass is 1610 g/mol. The van der Waals surface area contributed by atoms with Gasteiger partial charge in [0.1, 0.15) is 25.2 Å². The van der Waals surface area contributed by atoms with E-state index < -0.39 is 129 Å². The lowest BCUT2D eigenvalue weighted by Gasteiger charge is -2.41. The predicted octanol–water partition coefficient (Wildman–Crippen LogP) is 7.09. The molecule has 1 saturated carbocycles. The Bertz CT molecular complexity index is 3560. The SMILES string of the molecule is CC[C@H](C)[C@@H]([C@@H](CC(=O)N1CCC[C@H]1[C@H](OC)[C@@H](C)C(=O)N[C@@H](Cc1ccccc1)C(=O)NS(=O)(=O)C1CC1)OC)N(C)C(=O)[C@@H](CC(=O)[C@H](C(C)C)N(C)C(=O)OCc1ccc(NC(=O)[C@H](CCCNC(N)=O)CC(=O)[C@@H](NC(=O)CCCCCN2CCC(C(=O)O)CC2)C(C)C)cc1)C(C)C.O=CCC(CC=O)C(=O)O. The van der Waals surface area contributed by atoms with Crippen LogP contribution in [0.5, 0.6) is 0 Å². The summed E-state index contributed by atoms with van der Waals surface area (Å²) in [6, 6.07) is 10.4. The third-order valence-corrected chi connectivity index (χ3v) is 23.6. The van der Waals surface area contributed by atoms with E-state index in [9.17, 15) is 80.6 Å². The Labute approximate surface area is 666 Å². The summed E-state index contributed by atoms with van der Waals surface area (Å²) in [5.74, 6) is -10.3. The van der Waals surface area contributed by atoms with Crippen LogP contribution in [-0.4, -0.2) is 231 Å². The number of Topliss-reactive ketones (excluding diaryl/α,β-unsaturated/α-hetero) is 2. The van der Waals surface area contributed by atoms with E-state index in [1.54, 1.807) is 92.2 Å². The Morgan fingerprint density at radius 2 is 1.32 bits per heavy atom. The van der Waals surface area contributed by atoms with Gasteiger partial charge in [-0.05, 0) is 131 Å². The van der Waals surface area contributed by atoms with Gasteiger partial charge in [0.25, 0.3) is 5.91 Å². The van der Waals surface area contributed by atoms with Crippen molar-refractivity contribution in [3.8, 4) is 0 Å². The molecule has 0 spiro atoms. The van der Waals surface area contributed by atoms with Crippen molar-refractivity contribution in [2.24, 2.45) is 59.0 Å². The molecule has 9 amide bonds. The van der Waals surface area contributed by atoms with Crippen molar-refractivity contribution in [1.29, 1.82) is 0 Å². The molecule has 32 heteroatoms. The van der Waals surface area contributed by atoms with E-state index in [0.717, 1.165) is 32.5 Å². The molecule has 0 aromatic heterocycles. The molecule has 3 aliphatic rings. The van der Waals surface area contributed by atoms with E-state index in [4.69, 9.17) is 25.1 Å². The Kier molecular flexibility index (Phi) is 41.4. The molecule has 2 aromatic carbocycles. The van der Waals surface area contributed by atoms with Crippen LogP contribution in [0.15, 0.2) is 54.6 Å². The fraction of sp³-hybridized carbons (Fsp3) is 0.679. The molecule has 0 radical (unpaired) electrons. The first-order chi connectivity index (χ1) is 53.4. The number of ketones is 2. The highest BCUT2D eigenvalue weighted by molar-refractivity contribution is 7.91. The summed E-state index contributed by atoms with van der Waals surface area (Å²) in [5, 5.41) is 28.0. The number of carboxylic acids is 2. The maximum absolute atomic E-state index is 15.0. The number of piperidine rings is 1. The van der Waals surface area contributed by atoms with E-state index in [0.29, 0.717) is 93.7 Å². The number of benzene rings is 2. The molecule has 31 nitrogen and oxygen atoms in total. The van der Waals surface area contributed by atoms with Crippen LogP contribution >= 0.6 is 0 Å². The Hall–Kier alpha value is -8.75. The topological polar surface area (TPSA) is 440 Å². The highest BCUT2D eigenvalue weighted by atomic mass is 32.2. The van der Waals surface area contributed by atoms with Crippen LogP contribution in [0, 0.1) is 53.3 Å². The third kappa shape index (κ3) is 31.5. The van der Waals surface area contributed by atoms with Crippen molar-refractivity contribution < 1.29 is 100.0 Å². The molecule has 2 aromatic rings. The number of unbranched alkanes of at least 4 members (excludes halogenated alkanes) is 2. The number of aliphatic carboxylic acids is 2. The average molecular weight is 1610 g/mol. The van der Waals surface area contributed by atoms with Crippen LogP contribution in [0.25, 0.3) is 0 Å². The van der Waals surface area contributed by atoms with E-state index in [-0.39, 0.29) is 117 Å². The number of amides is 9. The summed E-state index contributed by atoms with van der Waals surface area (Å²) >= 11 is 0. The van der Waals surface area contributed by atoms with Crippen LogP contribution in [0.4, 0.5) is 15.3 Å². The summed E-state index contributed by atoms with van der Waals surface area (Å²) in [4.78, 5) is 186. The van der Waals surface area contributed by atoms with Gasteiger partial charge in [-0.2, -0.15) is 0 Å². The second-order valence-corrected chi connectivity index (χ2v) is 33.3. The Morgan fingerprint density at radius 3 is 1.86 bits per heavy atom. The zero-order valence-corrected chi connectivity index (χ0v) is 69.1. The lowest BCUT2D eigenvalue weighted by Crippen LogP contribution is -2.55. The number of likely N-dealkylation sites (tertiary alicyclic amines) is 2. The second-order valence-electron chi connectivity index (χ2n) is 31.3. The van der Waals surface area contributed by atoms with Crippen LogP contribution in [0.3, 0.4) is 0 Å². The molecule has 3 fully saturated rings. The number of rotatable bonds is 49. The average Bonchev–Trinajstić information content (AvgIpc) is 1.78. The van der Waals surface area contributed by atoms with Gasteiger partial charge < -0.3 is 80.6 Å². The fourth-order valence-corrected chi connectivity index (χ4v) is 16.1. The minimum Gasteiger partial charge on any atom is -0.481 e. The zero-order chi connectivity index (χ0) is 84.4. The molecule has 0 bridgehead atoms. The highest BCUT2D eigenvalue weighted by Crippen LogP contribution is 2.33. The first-order valence-electron chi connectivity index (χ1n) is 39.7. The summed E-state index contributed by atoms with van der Waals surface area (Å²) in [7, 11) is 2.13. The zero-order valence-electron chi connectivity index (χ0n) is 68.3. The van der Waals surface area contributed by atoms with Gasteiger partial charge in [-0.15, -0.1) is 0 Å². The molecule has 11 atom stereocenters. The minimum atomic E-state index is -3.92. The molecule has 5 rings (SSSR count). The van der Waals surface area contributed by atoms with Crippen molar-refractivity contribution in [2.45, 2.75) is 239 Å². The van der Waals surface area contributed by atoms with Gasteiger partial charge >= 0.3 is 24.1 Å². The van der Waals surface area contributed by atoms with E-state index in [1.807, 2.05) is 41.5 Å². The Balaban J connectivity index is 0.00000250. The van der Waals surface area contributed by atoms with Gasteiger partial charge in [0.15, 0.2) is 11.6 Å². The first kappa shape index (κ1) is 96.6. The summed E-state index contributed by atoms with van der Waals surface area (Å²) in [5.41, 5.74) is 6.93. The molecule has 2 saturated heterocycles. The quantitative estimate of drug-likeness (QED) is 0.0242. The molecule has 2 heterocycles. The van der Waals surface area contributed by atoms with Gasteiger partial charge in [-0.1, -0.05) is 118 Å². The van der Waals surface area contributed by atoms with E-state index >= 15 is 0 Å². The first-order valence-corrected chi connectivity index (χ1v) is 41.2. The largest absolute Gasteiger partial charge is 0.481 e. The second kappa shape index (κ2) is 48.5. The number of nitrogens with one attached hydrogen (secondary N) is 5. The van der Waals surface area contributed by atoms with Crippen LogP contribution in [-0.2, 0) is 94.8 Å². The smallest absolute Gasteiger partial charge is 0.410 e. The number of carbonyl (C=O) groups is 14. The van der Waals surface area contributed by atoms with E-state index in [1.165, 1.54) is 26.2 Å². The Morgan fingerprint density at radius 1 is 0.681 bits per heavy atom. The summed E-state index contributed by atoms with van der Waals surface area (Å²) < 4.78 is 45.8. The van der Waals surface area contributed by atoms with Crippen molar-refractivity contribution in [3.05, 3.63) is 65.7 Å². The number of hydrogen-bond acceptors (Lipinski definition) is 20. The number of ether oxygens (including phenoxy) is 3. The van der Waals surface area contributed by atoms with Crippen molar-refractivity contribution in [1.82, 2.24) is 40.3 Å². The number of likely N-dealkylation sites (N-methyl/N-ethyl adjacent to an activating group) is 2. The van der Waals surface area contributed by atoms with Crippen molar-refractivity contribution >= 4 is 99.4 Å². The summed E-state index contributed by atoms with van der Waals surface area (Å²) in [6.07, 6.45) is 4.73. The number of nitrogens with two attached hydrogens (primary N) is 1. The molecule has 2 aliphatic heterocycles. The standard InChI is InChI=1S/C75H118N10O17S.C6H8O4/c1-14-49(8)67(62(100-12)44-64(89)85-38-22-26-59(85)68(101-13)50(9)69(90)79-58(41-51-23-17-15-18-24-51)71(92)81-103(98,99)56-32-33-56)82(10)72(93)57(46(2)3)43-61(87)66(48(6)7)83(11)75(97)102-45-52-28-30-55(31-29-52)78-70(91)54(25-21-36-77-74(76)96)42-60(86)65(47(4)5)80-63(88)27-19-16-20-37-84-39-34-53(35-40-84)73(94)95;7-3-1-5(2-4-8)6(9)10/h15,17-18,23-24,28-31,46-50,53-54,56-59,62,65-68H,14,16,19-22,25-27,32-45H2,1-13H3,(H,78,91)(H,79,90)(H,80,88)(H,81,92)(H,94,95)(H3,76,77,96);3-5H,1-2H2,(H,9,10)/t49-,50+,54+,57-,58-,59-,62+,65-,66-,67-,68+;/m0./s1. The minimum absolute atomic E-state index is 0.0234. The van der Waals surface area contributed by atoms with Crippen molar-refractivity contribution in [3.63, 3.8) is 0 Å². The van der Waals surface area contributed by atoms with Crippen LogP contribution < -0.4 is 31.7 Å². The van der Waals surface area contributed by atoms with Gasteiger partial charge in [-0.25, -0.2) is 18.0 Å². The number of methoxy groups -OCH3 is 2. The molecule has 0 unspecified atom stereocenters. The number of nitrogens with zero attached hydrogens (tertiary/aromatic N) is 4. The number of carbonyl (C=O) groups excluding carboxylic acids is 12. The third-order valence-electron chi connectivity index (χ3n) is 21.8. The molecular weight excluding hydrogens is 1480 g/mol. The maximum atomic E-state index is 15.0. The van der Waals surface area contributed by atoms with Gasteiger partial charge in [0, 0.05) is 97.5 Å². The maximum Gasteiger partial charge on any atom is 0.410 e. The normalized spacial score (nSPS) is 17.3. The number of carboxylic acid groups (broad SMARTS) is 2. The number of anilines is 1. The lowest BCUT2D eigenvalue weighted by atomic mass is 9.83. The molecule has 9 N–H and O–H groups in total. The van der Waals surface area contributed by atoms with Gasteiger partial charge in [-0.3, -0.25) is 52.7 Å². The molecular formula is C81H126N10O21S. The fourth-order valence-electron chi connectivity index (χ4n) is 14.7. The van der Waals surface area contributed by atoms with Crippen LogP contribution in [0.1, 0.15) is 189 Å². The molecule has 113 heavy (non-hydrogen) atoms. The number of aldehydes is 2. The van der Waals surface area contributed by atoms with Gasteiger partial charge in [0.2, 0.25) is 39.6 Å². The summed E-state index contributed by atoms with van der Waals surface area (Å²) in [6.45, 7) is 19.1. The van der Waals surface area contributed by atoms with Crippen molar-refractivity contribution in [2.75, 3.05) is 66.4 Å². The van der Waals surface area contributed by atoms with E-state index in [2.05, 4.69) is 30.9 Å². The number of hydrogen-bond donors (Lipinski definition) is 8. The van der Waals surface area contributed by atoms with Gasteiger partial charge in [0.05, 0.1) is 65.8 Å². The highest BCUT2D eigenvalue weighted by Gasteiger charge is 2.45. The lowest BCUT2D eigenvalue weighted by molar-refractivity contribution is -0.149. The molecule has 1 aliphatic carbocycles. The molecule has 632 valence electrons. The number of primary amides is 1. The number of sulfonamides is 1.